The van der Waals surface area contributed by atoms with Crippen molar-refractivity contribution in [3.63, 3.8) is 0 Å². The van der Waals surface area contributed by atoms with Crippen LogP contribution in [0.25, 0.3) is 0 Å². The van der Waals surface area contributed by atoms with Gasteiger partial charge in [0.15, 0.2) is 0 Å². The van der Waals surface area contributed by atoms with Crippen LogP contribution in [0.2, 0.25) is 0 Å². The Morgan fingerprint density at radius 1 is 1.38 bits per heavy atom. The van der Waals surface area contributed by atoms with Crippen LogP contribution in [-0.2, 0) is 11.3 Å². The number of H-pyrrole nitrogens is 1. The van der Waals surface area contributed by atoms with Gasteiger partial charge in [0, 0.05) is 13.1 Å². The van der Waals surface area contributed by atoms with Crippen LogP contribution in [0.15, 0.2) is 35.5 Å². The molecular formula is C14H17N5OS. The van der Waals surface area contributed by atoms with Crippen molar-refractivity contribution in [2.75, 3.05) is 12.3 Å². The lowest BCUT2D eigenvalue weighted by molar-refractivity contribution is -0.133. The highest BCUT2D eigenvalue weighted by atomic mass is 32.2. The summed E-state index contributed by atoms with van der Waals surface area (Å²) in [6, 6.07) is 10.0. The molecule has 110 valence electrons. The summed E-state index contributed by atoms with van der Waals surface area (Å²) in [5, 5.41) is 6.99. The number of nitrogen functional groups attached to an aromatic ring is 1. The monoisotopic (exact) mass is 303 g/mol. The number of carbonyl (C=O) groups excluding carboxylic acids is 1. The molecule has 6 nitrogen and oxygen atoms in total. The topological polar surface area (TPSA) is 87.9 Å². The van der Waals surface area contributed by atoms with Gasteiger partial charge in [0.25, 0.3) is 0 Å². The standard InChI is InChI=1S/C14H17N5OS/c15-13-16-14(18-17-13)21-11-7-4-8-19(12(11)20)9-10-5-2-1-3-6-10/h1-3,5-6,11H,4,7-9H2,(H3,15,16,17,18). The summed E-state index contributed by atoms with van der Waals surface area (Å²) in [6.07, 6.45) is 1.85. The van der Waals surface area contributed by atoms with Crippen LogP contribution in [0.1, 0.15) is 18.4 Å². The number of anilines is 1. The van der Waals surface area contributed by atoms with Crippen LogP contribution in [0.3, 0.4) is 0 Å². The number of hydrogen-bond donors (Lipinski definition) is 2. The maximum Gasteiger partial charge on any atom is 0.236 e. The Bertz CT molecular complexity index is 615. The van der Waals surface area contributed by atoms with Crippen molar-refractivity contribution in [1.82, 2.24) is 20.1 Å². The van der Waals surface area contributed by atoms with E-state index >= 15 is 0 Å². The predicted octanol–water partition coefficient (Wildman–Crippen LogP) is 1.67. The van der Waals surface area contributed by atoms with Gasteiger partial charge in [0.1, 0.15) is 0 Å². The molecule has 7 heteroatoms. The second kappa shape index (κ2) is 6.17. The summed E-state index contributed by atoms with van der Waals surface area (Å²) < 4.78 is 0. The Labute approximate surface area is 127 Å². The largest absolute Gasteiger partial charge is 0.368 e. The third kappa shape index (κ3) is 3.36. The van der Waals surface area contributed by atoms with Crippen LogP contribution in [0, 0.1) is 0 Å². The molecule has 3 rings (SSSR count). The van der Waals surface area contributed by atoms with Crippen molar-refractivity contribution < 1.29 is 4.79 Å². The quantitative estimate of drug-likeness (QED) is 0.897. The second-order valence-corrected chi connectivity index (χ2v) is 6.17. The minimum Gasteiger partial charge on any atom is -0.368 e. The van der Waals surface area contributed by atoms with Gasteiger partial charge in [-0.1, -0.05) is 42.1 Å². The first-order chi connectivity index (χ1) is 10.2. The highest BCUT2D eigenvalue weighted by Crippen LogP contribution is 2.29. The molecule has 0 saturated carbocycles. The van der Waals surface area contributed by atoms with Crippen molar-refractivity contribution in [3.8, 4) is 0 Å². The molecule has 2 heterocycles. The number of benzene rings is 1. The maximum absolute atomic E-state index is 12.5. The number of nitrogens with two attached hydrogens (primary N) is 1. The fraction of sp³-hybridized carbons (Fsp3) is 0.357. The molecule has 21 heavy (non-hydrogen) atoms. The summed E-state index contributed by atoms with van der Waals surface area (Å²) in [5.74, 6) is 0.431. The molecule has 3 N–H and O–H groups in total. The average Bonchev–Trinajstić information content (AvgIpc) is 2.90. The van der Waals surface area contributed by atoms with E-state index in [0.717, 1.165) is 24.9 Å². The molecule has 2 aromatic rings. The van der Waals surface area contributed by atoms with E-state index in [-0.39, 0.29) is 17.1 Å². The molecular weight excluding hydrogens is 286 g/mol. The lowest BCUT2D eigenvalue weighted by atomic mass is 10.1. The molecule has 1 amide bonds. The lowest BCUT2D eigenvalue weighted by Crippen LogP contribution is -2.42. The van der Waals surface area contributed by atoms with Crippen LogP contribution in [-0.4, -0.2) is 37.8 Å². The Balaban J connectivity index is 1.66. The second-order valence-electron chi connectivity index (χ2n) is 5.00. The number of amides is 1. The van der Waals surface area contributed by atoms with Crippen LogP contribution >= 0.6 is 11.8 Å². The molecule has 1 unspecified atom stereocenters. The summed E-state index contributed by atoms with van der Waals surface area (Å²) >= 11 is 1.38. The van der Waals surface area contributed by atoms with E-state index < -0.39 is 0 Å². The van der Waals surface area contributed by atoms with E-state index in [9.17, 15) is 4.79 Å². The minimum absolute atomic E-state index is 0.127. The molecule has 1 aliphatic rings. The first-order valence-corrected chi connectivity index (χ1v) is 7.77. The molecule has 0 aliphatic carbocycles. The van der Waals surface area contributed by atoms with Gasteiger partial charge in [-0.25, -0.2) is 5.10 Å². The maximum atomic E-state index is 12.5. The Morgan fingerprint density at radius 2 is 2.19 bits per heavy atom. The van der Waals surface area contributed by atoms with Gasteiger partial charge < -0.3 is 10.6 Å². The number of nitrogens with zero attached hydrogens (tertiary/aromatic N) is 3. The van der Waals surface area contributed by atoms with Crippen molar-refractivity contribution in [2.45, 2.75) is 29.8 Å². The van der Waals surface area contributed by atoms with E-state index in [1.807, 2.05) is 35.2 Å². The minimum atomic E-state index is -0.127. The number of likely N-dealkylation sites (tertiary alicyclic amines) is 1. The molecule has 1 aromatic carbocycles. The normalized spacial score (nSPS) is 19.0. The van der Waals surface area contributed by atoms with Crippen molar-refractivity contribution in [2.24, 2.45) is 0 Å². The third-order valence-electron chi connectivity index (χ3n) is 3.43. The van der Waals surface area contributed by atoms with Gasteiger partial charge in [-0.2, -0.15) is 4.98 Å². The highest BCUT2D eigenvalue weighted by molar-refractivity contribution is 8.00. The SMILES string of the molecule is Nc1nc(SC2CCCN(Cc3ccccc3)C2=O)n[nH]1. The van der Waals surface area contributed by atoms with E-state index in [4.69, 9.17) is 5.73 Å². The van der Waals surface area contributed by atoms with Gasteiger partial charge in [-0.3, -0.25) is 4.79 Å². The zero-order valence-electron chi connectivity index (χ0n) is 11.5. The average molecular weight is 303 g/mol. The van der Waals surface area contributed by atoms with E-state index in [1.165, 1.54) is 11.8 Å². The van der Waals surface area contributed by atoms with E-state index in [0.29, 0.717) is 11.7 Å². The van der Waals surface area contributed by atoms with Gasteiger partial charge in [-0.15, -0.1) is 5.10 Å². The summed E-state index contributed by atoms with van der Waals surface area (Å²) in [6.45, 7) is 1.47. The molecule has 1 saturated heterocycles. The number of piperidine rings is 1. The van der Waals surface area contributed by atoms with Gasteiger partial charge >= 0.3 is 0 Å². The first kappa shape index (κ1) is 13.9. The number of thioether (sulfide) groups is 1. The molecule has 0 bridgehead atoms. The van der Waals surface area contributed by atoms with Gasteiger partial charge in [0.2, 0.25) is 17.0 Å². The summed E-state index contributed by atoms with van der Waals surface area (Å²) in [7, 11) is 0. The Morgan fingerprint density at radius 3 is 2.90 bits per heavy atom. The molecule has 0 spiro atoms. The van der Waals surface area contributed by atoms with Crippen LogP contribution < -0.4 is 5.73 Å². The highest BCUT2D eigenvalue weighted by Gasteiger charge is 2.30. The molecule has 1 aromatic heterocycles. The molecule has 1 atom stereocenters. The van der Waals surface area contributed by atoms with Gasteiger partial charge in [0.05, 0.1) is 5.25 Å². The molecule has 1 aliphatic heterocycles. The Kier molecular flexibility index (Phi) is 4.10. The van der Waals surface area contributed by atoms with Gasteiger partial charge in [-0.05, 0) is 18.4 Å². The van der Waals surface area contributed by atoms with Crippen molar-refractivity contribution in [3.05, 3.63) is 35.9 Å². The number of hydrogen-bond acceptors (Lipinski definition) is 5. The first-order valence-electron chi connectivity index (χ1n) is 6.89. The fourth-order valence-corrected chi connectivity index (χ4v) is 3.45. The van der Waals surface area contributed by atoms with Crippen molar-refractivity contribution >= 4 is 23.6 Å². The number of carbonyl (C=O) groups is 1. The summed E-state index contributed by atoms with van der Waals surface area (Å²) in [5.41, 5.74) is 6.66. The van der Waals surface area contributed by atoms with Crippen LogP contribution in [0.5, 0.6) is 0 Å². The summed E-state index contributed by atoms with van der Waals surface area (Å²) in [4.78, 5) is 18.5. The number of aromatic amines is 1. The molecule has 1 fully saturated rings. The molecule has 0 radical (unpaired) electrons. The third-order valence-corrected chi connectivity index (χ3v) is 4.54. The van der Waals surface area contributed by atoms with E-state index in [2.05, 4.69) is 15.2 Å². The predicted molar refractivity (Wildman–Crippen MR) is 81.5 cm³/mol. The zero-order chi connectivity index (χ0) is 14.7. The number of rotatable bonds is 4. The zero-order valence-corrected chi connectivity index (χ0v) is 12.3. The van der Waals surface area contributed by atoms with E-state index in [1.54, 1.807) is 0 Å². The smallest absolute Gasteiger partial charge is 0.236 e. The van der Waals surface area contributed by atoms with Crippen molar-refractivity contribution in [1.29, 1.82) is 0 Å². The van der Waals surface area contributed by atoms with Crippen LogP contribution in [0.4, 0.5) is 5.95 Å². The number of aromatic nitrogens is 3. The number of nitrogens with one attached hydrogen (secondary N) is 1. The lowest BCUT2D eigenvalue weighted by Gasteiger charge is -2.31. The fourth-order valence-electron chi connectivity index (χ4n) is 2.41. The Hall–Kier alpha value is -2.02.